The minimum atomic E-state index is 0. The summed E-state index contributed by atoms with van der Waals surface area (Å²) in [6.45, 7) is 0. The van der Waals surface area contributed by atoms with Gasteiger partial charge in [-0.3, -0.25) is 0 Å². The van der Waals surface area contributed by atoms with Gasteiger partial charge in [0, 0.05) is 15.9 Å². The Morgan fingerprint density at radius 2 is 1.92 bits per heavy atom. The number of halogens is 2. The van der Waals surface area contributed by atoms with E-state index < -0.39 is 0 Å². The highest BCUT2D eigenvalue weighted by atomic mass is 79.9. The van der Waals surface area contributed by atoms with Crippen molar-refractivity contribution in [3.8, 4) is 0 Å². The standard InChI is InChI=1S/C9H6BrNO.ClH/c10-9-2-1-7-3-4-11(12)6-8(7)5-9;/h1-6H;1H. The van der Waals surface area contributed by atoms with Gasteiger partial charge in [0.15, 0.2) is 12.4 Å². The van der Waals surface area contributed by atoms with Gasteiger partial charge in [-0.15, -0.1) is 12.4 Å². The maximum Gasteiger partial charge on any atom is 0.188 e. The first-order valence-corrected chi connectivity index (χ1v) is 4.33. The summed E-state index contributed by atoms with van der Waals surface area (Å²) >= 11 is 3.35. The molecule has 0 aliphatic heterocycles. The van der Waals surface area contributed by atoms with Crippen molar-refractivity contribution in [3.05, 3.63) is 46.3 Å². The van der Waals surface area contributed by atoms with E-state index in [-0.39, 0.29) is 12.4 Å². The van der Waals surface area contributed by atoms with Gasteiger partial charge in [-0.1, -0.05) is 22.0 Å². The molecule has 0 bridgehead atoms. The van der Waals surface area contributed by atoms with Crippen LogP contribution in [0.3, 0.4) is 0 Å². The normalized spacial score (nSPS) is 9.62. The zero-order valence-electron chi connectivity index (χ0n) is 6.61. The van der Waals surface area contributed by atoms with E-state index in [1.165, 1.54) is 6.20 Å². The molecule has 13 heavy (non-hydrogen) atoms. The Hall–Kier alpha value is -0.800. The fraction of sp³-hybridized carbons (Fsp3) is 0. The lowest BCUT2D eigenvalue weighted by atomic mass is 10.2. The van der Waals surface area contributed by atoms with Gasteiger partial charge >= 0.3 is 0 Å². The molecule has 0 atom stereocenters. The van der Waals surface area contributed by atoms with Crippen molar-refractivity contribution in [3.63, 3.8) is 0 Å². The highest BCUT2D eigenvalue weighted by molar-refractivity contribution is 9.10. The smallest absolute Gasteiger partial charge is 0.188 e. The predicted molar refractivity (Wildman–Crippen MR) is 57.9 cm³/mol. The molecule has 0 radical (unpaired) electrons. The maximum absolute atomic E-state index is 10.9. The van der Waals surface area contributed by atoms with Crippen LogP contribution in [0.4, 0.5) is 0 Å². The molecule has 1 aromatic heterocycles. The molecular weight excluding hydrogens is 253 g/mol. The van der Waals surface area contributed by atoms with Gasteiger partial charge in [-0.2, -0.15) is 4.73 Å². The van der Waals surface area contributed by atoms with E-state index in [4.69, 9.17) is 0 Å². The molecule has 0 N–H and O–H groups in total. The molecule has 0 aliphatic rings. The molecule has 0 saturated carbocycles. The SMILES string of the molecule is Cl.[O-][n+]1ccc2ccc(Br)cc2c1. The van der Waals surface area contributed by atoms with E-state index in [9.17, 15) is 5.21 Å². The summed E-state index contributed by atoms with van der Waals surface area (Å²) in [6, 6.07) is 7.65. The highest BCUT2D eigenvalue weighted by Gasteiger charge is 1.97. The van der Waals surface area contributed by atoms with Crippen LogP contribution in [-0.4, -0.2) is 0 Å². The second-order valence-electron chi connectivity index (χ2n) is 2.58. The summed E-state index contributed by atoms with van der Waals surface area (Å²) in [5.41, 5.74) is 0. The minimum absolute atomic E-state index is 0. The molecule has 0 amide bonds. The van der Waals surface area contributed by atoms with Crippen molar-refractivity contribution < 1.29 is 4.73 Å². The van der Waals surface area contributed by atoms with Gasteiger partial charge < -0.3 is 5.21 Å². The second kappa shape index (κ2) is 3.94. The van der Waals surface area contributed by atoms with Crippen LogP contribution < -0.4 is 4.73 Å². The highest BCUT2D eigenvalue weighted by Crippen LogP contribution is 2.17. The molecule has 2 rings (SSSR count). The zero-order chi connectivity index (χ0) is 8.55. The van der Waals surface area contributed by atoms with E-state index in [2.05, 4.69) is 15.9 Å². The summed E-state index contributed by atoms with van der Waals surface area (Å²) < 4.78 is 1.79. The molecule has 0 unspecified atom stereocenters. The molecule has 1 heterocycles. The first kappa shape index (κ1) is 10.3. The fourth-order valence-electron chi connectivity index (χ4n) is 1.14. The van der Waals surface area contributed by atoms with Crippen molar-refractivity contribution >= 4 is 39.1 Å². The summed E-state index contributed by atoms with van der Waals surface area (Å²) in [5, 5.41) is 12.9. The van der Waals surface area contributed by atoms with E-state index >= 15 is 0 Å². The van der Waals surface area contributed by atoms with Gasteiger partial charge in [0.05, 0.1) is 0 Å². The van der Waals surface area contributed by atoms with Crippen molar-refractivity contribution in [1.82, 2.24) is 0 Å². The number of hydrogen-bond donors (Lipinski definition) is 0. The van der Waals surface area contributed by atoms with E-state index in [1.54, 1.807) is 12.3 Å². The lowest BCUT2D eigenvalue weighted by Crippen LogP contribution is -2.23. The molecule has 0 fully saturated rings. The van der Waals surface area contributed by atoms with Crippen LogP contribution in [0, 0.1) is 5.21 Å². The van der Waals surface area contributed by atoms with Crippen molar-refractivity contribution in [2.75, 3.05) is 0 Å². The predicted octanol–water partition coefficient (Wildman–Crippen LogP) is 2.66. The fourth-order valence-corrected chi connectivity index (χ4v) is 1.52. The number of aromatic nitrogens is 1. The number of fused-ring (bicyclic) bond motifs is 1. The Morgan fingerprint density at radius 3 is 2.69 bits per heavy atom. The lowest BCUT2D eigenvalue weighted by Gasteiger charge is -1.98. The monoisotopic (exact) mass is 259 g/mol. The second-order valence-corrected chi connectivity index (χ2v) is 3.49. The molecule has 1 aromatic carbocycles. The quantitative estimate of drug-likeness (QED) is 0.528. The van der Waals surface area contributed by atoms with Gasteiger partial charge in [0.1, 0.15) is 0 Å². The molecule has 68 valence electrons. The third-order valence-corrected chi connectivity index (χ3v) is 2.21. The van der Waals surface area contributed by atoms with Crippen molar-refractivity contribution in [2.45, 2.75) is 0 Å². The Balaban J connectivity index is 0.000000845. The van der Waals surface area contributed by atoms with Crippen LogP contribution in [0.15, 0.2) is 41.1 Å². The summed E-state index contributed by atoms with van der Waals surface area (Å²) in [6.07, 6.45) is 3.05. The van der Waals surface area contributed by atoms with Crippen molar-refractivity contribution in [1.29, 1.82) is 0 Å². The zero-order valence-corrected chi connectivity index (χ0v) is 9.01. The Bertz CT molecular complexity index is 396. The Labute approximate surface area is 90.3 Å². The number of hydrogen-bond acceptors (Lipinski definition) is 1. The number of pyridine rings is 1. The molecule has 2 nitrogen and oxygen atoms in total. The molecule has 4 heteroatoms. The molecule has 2 aromatic rings. The van der Waals surface area contributed by atoms with Crippen LogP contribution in [0.2, 0.25) is 0 Å². The van der Waals surface area contributed by atoms with Crippen LogP contribution in [0.25, 0.3) is 10.8 Å². The molecule has 0 aliphatic carbocycles. The van der Waals surface area contributed by atoms with Crippen LogP contribution in [0.1, 0.15) is 0 Å². The average molecular weight is 261 g/mol. The van der Waals surface area contributed by atoms with E-state index in [0.717, 1.165) is 20.0 Å². The topological polar surface area (TPSA) is 26.9 Å². The van der Waals surface area contributed by atoms with Gasteiger partial charge in [-0.25, -0.2) is 0 Å². The Morgan fingerprint density at radius 1 is 1.15 bits per heavy atom. The summed E-state index contributed by atoms with van der Waals surface area (Å²) in [5.74, 6) is 0. The minimum Gasteiger partial charge on any atom is -0.619 e. The molecule has 0 spiro atoms. The van der Waals surface area contributed by atoms with Gasteiger partial charge in [-0.05, 0) is 17.5 Å². The summed E-state index contributed by atoms with van der Waals surface area (Å²) in [7, 11) is 0. The van der Waals surface area contributed by atoms with Gasteiger partial charge in [0.25, 0.3) is 0 Å². The lowest BCUT2D eigenvalue weighted by molar-refractivity contribution is -0.603. The summed E-state index contributed by atoms with van der Waals surface area (Å²) in [4.78, 5) is 0. The van der Waals surface area contributed by atoms with Crippen LogP contribution in [0.5, 0.6) is 0 Å². The van der Waals surface area contributed by atoms with Crippen LogP contribution >= 0.6 is 28.3 Å². The first-order chi connectivity index (χ1) is 5.75. The largest absolute Gasteiger partial charge is 0.619 e. The molecule has 0 saturated heterocycles. The number of benzene rings is 1. The van der Waals surface area contributed by atoms with Gasteiger partial charge in [0.2, 0.25) is 0 Å². The maximum atomic E-state index is 10.9. The van der Waals surface area contributed by atoms with E-state index in [1.807, 2.05) is 18.2 Å². The third-order valence-electron chi connectivity index (χ3n) is 1.72. The third kappa shape index (κ3) is 2.11. The first-order valence-electron chi connectivity index (χ1n) is 3.54. The van der Waals surface area contributed by atoms with E-state index in [0.29, 0.717) is 0 Å². The molecular formula is C9H7BrClNO. The van der Waals surface area contributed by atoms with Crippen molar-refractivity contribution in [2.24, 2.45) is 0 Å². The Kier molecular flexibility index (Phi) is 3.12. The number of nitrogens with zero attached hydrogens (tertiary/aromatic N) is 1. The average Bonchev–Trinajstić information content (AvgIpc) is 2.03. The van der Waals surface area contributed by atoms with Crippen LogP contribution in [-0.2, 0) is 0 Å². The number of rotatable bonds is 0.